The molecule has 5 nitrogen and oxygen atoms in total. The predicted molar refractivity (Wildman–Crippen MR) is 109 cm³/mol. The Labute approximate surface area is 165 Å². The van der Waals surface area contributed by atoms with E-state index >= 15 is 0 Å². The summed E-state index contributed by atoms with van der Waals surface area (Å²) in [5, 5.41) is 21.0. The second kappa shape index (κ2) is 8.33. The molecule has 0 atom stereocenters. The minimum Gasteiger partial charge on any atom is -0.508 e. The predicted octanol–water partition coefficient (Wildman–Crippen LogP) is 5.24. The van der Waals surface area contributed by atoms with E-state index in [1.54, 1.807) is 61.5 Å². The highest BCUT2D eigenvalue weighted by atomic mass is 35.5. The Morgan fingerprint density at radius 3 is 2.70 bits per heavy atom. The van der Waals surface area contributed by atoms with Gasteiger partial charge in [0.15, 0.2) is 0 Å². The summed E-state index contributed by atoms with van der Waals surface area (Å²) < 4.78 is 5.06. The van der Waals surface area contributed by atoms with Gasteiger partial charge in [-0.3, -0.25) is 0 Å². The Hall–Kier alpha value is -2.70. The Bertz CT molecular complexity index is 981. The first-order chi connectivity index (χ1) is 13.0. The molecule has 3 rings (SSSR count). The minimum atomic E-state index is -0.650. The number of hydrogen-bond donors (Lipinski definition) is 2. The van der Waals surface area contributed by atoms with Gasteiger partial charge >= 0.3 is 5.97 Å². The molecule has 0 unspecified atom stereocenters. The smallest absolute Gasteiger partial charge is 0.344 e. The van der Waals surface area contributed by atoms with Crippen molar-refractivity contribution < 1.29 is 19.7 Å². The summed E-state index contributed by atoms with van der Waals surface area (Å²) >= 11 is 7.14. The van der Waals surface area contributed by atoms with Crippen molar-refractivity contribution in [1.29, 1.82) is 0 Å². The summed E-state index contributed by atoms with van der Waals surface area (Å²) in [6, 6.07) is 13.4. The van der Waals surface area contributed by atoms with Gasteiger partial charge in [-0.05, 0) is 48.9 Å². The fraction of sp³-hybridized carbons (Fsp3) is 0.100. The summed E-state index contributed by atoms with van der Waals surface area (Å²) in [7, 11) is 0. The summed E-state index contributed by atoms with van der Waals surface area (Å²) in [4.78, 5) is 17.2. The molecule has 0 fully saturated rings. The molecule has 0 aromatic heterocycles. The Morgan fingerprint density at radius 2 is 2.00 bits per heavy atom. The molecular weight excluding hydrogens is 386 g/mol. The van der Waals surface area contributed by atoms with Crippen molar-refractivity contribution in [3.05, 3.63) is 75.4 Å². The van der Waals surface area contributed by atoms with Crippen LogP contribution in [0, 0.1) is 0 Å². The number of aromatic hydroxyl groups is 1. The highest BCUT2D eigenvalue weighted by Crippen LogP contribution is 2.40. The van der Waals surface area contributed by atoms with Gasteiger partial charge < -0.3 is 14.9 Å². The lowest BCUT2D eigenvalue weighted by Gasteiger charge is -2.04. The van der Waals surface area contributed by atoms with Crippen LogP contribution >= 0.6 is 23.4 Å². The Morgan fingerprint density at radius 1 is 1.22 bits per heavy atom. The molecule has 0 amide bonds. The number of carbonyl (C=O) groups is 1. The number of benzene rings is 2. The van der Waals surface area contributed by atoms with E-state index in [4.69, 9.17) is 16.3 Å². The van der Waals surface area contributed by atoms with E-state index in [0.717, 1.165) is 11.8 Å². The number of aliphatic hydroxyl groups excluding tert-OH is 1. The monoisotopic (exact) mass is 401 g/mol. The lowest BCUT2D eigenvalue weighted by atomic mass is 10.1. The van der Waals surface area contributed by atoms with Gasteiger partial charge in [-0.15, -0.1) is 0 Å². The number of phenols is 1. The molecule has 0 saturated carbocycles. The number of hydrogen-bond acceptors (Lipinski definition) is 6. The molecule has 1 aliphatic heterocycles. The third-order valence-electron chi connectivity index (χ3n) is 3.58. The quantitative estimate of drug-likeness (QED) is 0.685. The summed E-state index contributed by atoms with van der Waals surface area (Å²) in [5.74, 6) is -0.751. The average molecular weight is 402 g/mol. The van der Waals surface area contributed by atoms with E-state index < -0.39 is 5.97 Å². The third kappa shape index (κ3) is 4.53. The van der Waals surface area contributed by atoms with E-state index in [9.17, 15) is 15.0 Å². The standard InChI is InChI=1S/C20H16ClNO4S/c1-2-26-20(25)17-18(24)16(10-12-5-3-8-15(23)9-12)27-19(17)22-14-7-4-6-13(21)11-14/h3-11,23-24H,2H2,1H3/b16-10+,22-19?. The van der Waals surface area contributed by atoms with Crippen molar-refractivity contribution in [2.75, 3.05) is 6.61 Å². The fourth-order valence-corrected chi connectivity index (χ4v) is 3.64. The van der Waals surface area contributed by atoms with Crippen molar-refractivity contribution in [3.63, 3.8) is 0 Å². The third-order valence-corrected chi connectivity index (χ3v) is 4.83. The first-order valence-electron chi connectivity index (χ1n) is 8.12. The number of aliphatic hydroxyl groups is 1. The number of halogens is 1. The molecule has 0 bridgehead atoms. The molecule has 2 aromatic carbocycles. The van der Waals surface area contributed by atoms with Crippen LogP contribution in [0.2, 0.25) is 5.02 Å². The molecule has 2 aromatic rings. The lowest BCUT2D eigenvalue weighted by molar-refractivity contribution is -0.138. The van der Waals surface area contributed by atoms with Crippen LogP contribution in [-0.2, 0) is 9.53 Å². The van der Waals surface area contributed by atoms with Gasteiger partial charge in [0.2, 0.25) is 0 Å². The zero-order chi connectivity index (χ0) is 19.4. The number of phenolic OH excluding ortho intramolecular Hbond substituents is 1. The number of carbonyl (C=O) groups excluding carboxylic acids is 1. The maximum Gasteiger partial charge on any atom is 0.344 e. The van der Waals surface area contributed by atoms with Gasteiger partial charge in [-0.1, -0.05) is 41.6 Å². The highest BCUT2D eigenvalue weighted by molar-refractivity contribution is 8.18. The van der Waals surface area contributed by atoms with E-state index in [2.05, 4.69) is 4.99 Å². The maximum atomic E-state index is 12.3. The Balaban J connectivity index is 2.05. The second-order valence-corrected chi connectivity index (χ2v) is 7.01. The highest BCUT2D eigenvalue weighted by Gasteiger charge is 2.33. The SMILES string of the molecule is CCOC(=O)C1=C(O)/C(=C\c2cccc(O)c2)SC1=Nc1cccc(Cl)c1. The van der Waals surface area contributed by atoms with Gasteiger partial charge in [-0.25, -0.2) is 9.79 Å². The van der Waals surface area contributed by atoms with Crippen molar-refractivity contribution in [2.24, 2.45) is 4.99 Å². The molecule has 1 heterocycles. The Kier molecular flexibility index (Phi) is 5.88. The normalized spacial score (nSPS) is 17.0. The number of esters is 1. The van der Waals surface area contributed by atoms with Crippen LogP contribution < -0.4 is 0 Å². The van der Waals surface area contributed by atoms with Gasteiger partial charge in [0, 0.05) is 5.02 Å². The largest absolute Gasteiger partial charge is 0.508 e. The van der Waals surface area contributed by atoms with Gasteiger partial charge in [-0.2, -0.15) is 0 Å². The molecule has 0 saturated heterocycles. The molecule has 138 valence electrons. The molecule has 0 aliphatic carbocycles. The van der Waals surface area contributed by atoms with Crippen LogP contribution in [0.5, 0.6) is 5.75 Å². The van der Waals surface area contributed by atoms with Crippen molar-refractivity contribution in [2.45, 2.75) is 6.92 Å². The van der Waals surface area contributed by atoms with E-state index in [1.165, 1.54) is 0 Å². The van der Waals surface area contributed by atoms with E-state index in [1.807, 2.05) is 0 Å². The van der Waals surface area contributed by atoms with E-state index in [-0.39, 0.29) is 23.7 Å². The lowest BCUT2D eigenvalue weighted by Crippen LogP contribution is -2.12. The number of ether oxygens (including phenoxy) is 1. The van der Waals surface area contributed by atoms with Crippen molar-refractivity contribution in [1.82, 2.24) is 0 Å². The van der Waals surface area contributed by atoms with Crippen LogP contribution in [0.25, 0.3) is 6.08 Å². The minimum absolute atomic E-state index is 0.00762. The van der Waals surface area contributed by atoms with Crippen LogP contribution in [0.1, 0.15) is 12.5 Å². The van der Waals surface area contributed by atoms with Gasteiger partial charge in [0.25, 0.3) is 0 Å². The summed E-state index contributed by atoms with van der Waals surface area (Å²) in [6.07, 6.45) is 1.67. The average Bonchev–Trinajstić information content (AvgIpc) is 2.90. The zero-order valence-electron chi connectivity index (χ0n) is 14.3. The number of nitrogens with zero attached hydrogens (tertiary/aromatic N) is 1. The fourth-order valence-electron chi connectivity index (χ4n) is 2.42. The first kappa shape index (κ1) is 19.1. The molecular formula is C20H16ClNO4S. The first-order valence-corrected chi connectivity index (χ1v) is 9.31. The molecule has 0 radical (unpaired) electrons. The summed E-state index contributed by atoms with van der Waals surface area (Å²) in [6.45, 7) is 1.87. The van der Waals surface area contributed by atoms with Crippen LogP contribution in [0.15, 0.2) is 69.8 Å². The molecule has 1 aliphatic rings. The maximum absolute atomic E-state index is 12.3. The van der Waals surface area contributed by atoms with Crippen LogP contribution in [-0.4, -0.2) is 27.8 Å². The molecule has 7 heteroatoms. The van der Waals surface area contributed by atoms with E-state index in [0.29, 0.717) is 26.2 Å². The van der Waals surface area contributed by atoms with Gasteiger partial charge in [0.1, 0.15) is 22.1 Å². The number of thioether (sulfide) groups is 1. The topological polar surface area (TPSA) is 79.1 Å². The van der Waals surface area contributed by atoms with Gasteiger partial charge in [0.05, 0.1) is 17.2 Å². The summed E-state index contributed by atoms with van der Waals surface area (Å²) in [5.41, 5.74) is 1.24. The number of rotatable bonds is 4. The number of aliphatic imine (C=N–C) groups is 1. The second-order valence-electron chi connectivity index (χ2n) is 5.55. The molecule has 27 heavy (non-hydrogen) atoms. The molecule has 0 spiro atoms. The molecule has 2 N–H and O–H groups in total. The zero-order valence-corrected chi connectivity index (χ0v) is 15.9. The van der Waals surface area contributed by atoms with Crippen molar-refractivity contribution >= 4 is 46.1 Å². The van der Waals surface area contributed by atoms with Crippen molar-refractivity contribution in [3.8, 4) is 5.75 Å². The van der Waals surface area contributed by atoms with Crippen LogP contribution in [0.4, 0.5) is 5.69 Å². The van der Waals surface area contributed by atoms with Crippen LogP contribution in [0.3, 0.4) is 0 Å².